The first kappa shape index (κ1) is 18.6. The Morgan fingerprint density at radius 3 is 2.71 bits per heavy atom. The summed E-state index contributed by atoms with van der Waals surface area (Å²) in [5.41, 5.74) is 1.08. The molecule has 0 bridgehead atoms. The van der Waals surface area contributed by atoms with Gasteiger partial charge in [0.2, 0.25) is 0 Å². The largest absolute Gasteiger partial charge is 0.444 e. The number of benzene rings is 1. The number of carbonyl (C=O) groups is 1. The molecule has 1 fully saturated rings. The van der Waals surface area contributed by atoms with Gasteiger partial charge >= 0.3 is 6.09 Å². The van der Waals surface area contributed by atoms with Crippen LogP contribution in [0.25, 0.3) is 0 Å². The molecule has 1 aliphatic heterocycles. The van der Waals surface area contributed by atoms with Crippen molar-refractivity contribution in [2.45, 2.75) is 45.8 Å². The summed E-state index contributed by atoms with van der Waals surface area (Å²) >= 11 is 3.41. The molecule has 0 radical (unpaired) electrons. The van der Waals surface area contributed by atoms with Gasteiger partial charge in [-0.3, -0.25) is 0 Å². The van der Waals surface area contributed by atoms with Crippen LogP contribution in [0.2, 0.25) is 0 Å². The minimum absolute atomic E-state index is 0.166. The second-order valence-electron chi connectivity index (χ2n) is 6.96. The molecule has 1 aliphatic rings. The molecule has 0 unspecified atom stereocenters. The summed E-state index contributed by atoms with van der Waals surface area (Å²) in [6, 6.07) is 8.18. The van der Waals surface area contributed by atoms with Crippen molar-refractivity contribution in [1.29, 1.82) is 5.26 Å². The van der Waals surface area contributed by atoms with Crippen LogP contribution in [0.4, 0.5) is 10.5 Å². The van der Waals surface area contributed by atoms with E-state index in [0.717, 1.165) is 16.6 Å². The summed E-state index contributed by atoms with van der Waals surface area (Å²) in [6.45, 7) is 9.60. The maximum absolute atomic E-state index is 12.3. The van der Waals surface area contributed by atoms with Crippen LogP contribution in [0.5, 0.6) is 0 Å². The maximum Gasteiger partial charge on any atom is 0.410 e. The van der Waals surface area contributed by atoms with Gasteiger partial charge in [0.05, 0.1) is 11.3 Å². The van der Waals surface area contributed by atoms with E-state index in [1.807, 2.05) is 39.0 Å². The van der Waals surface area contributed by atoms with E-state index in [2.05, 4.69) is 33.8 Å². The van der Waals surface area contributed by atoms with Crippen molar-refractivity contribution >= 4 is 27.7 Å². The first-order chi connectivity index (χ1) is 11.2. The van der Waals surface area contributed by atoms with Crippen molar-refractivity contribution in [3.05, 3.63) is 28.2 Å². The molecule has 0 aromatic heterocycles. The molecular formula is C18H24BrN3O2. The molecular weight excluding hydrogens is 370 g/mol. The average molecular weight is 394 g/mol. The zero-order valence-electron chi connectivity index (χ0n) is 14.7. The molecule has 6 heteroatoms. The van der Waals surface area contributed by atoms with Crippen LogP contribution in [0.15, 0.2) is 22.7 Å². The molecule has 1 atom stereocenters. The first-order valence-corrected chi connectivity index (χ1v) is 8.98. The van der Waals surface area contributed by atoms with Crippen LogP contribution in [-0.4, -0.2) is 42.3 Å². The molecule has 1 amide bonds. The fourth-order valence-electron chi connectivity index (χ4n) is 2.86. The maximum atomic E-state index is 12.3. The standard InChI is InChI=1S/C18H24BrN3O2/c1-5-15-12-21(17(23)24-18(2,3)4)8-9-22(15)16-7-6-14(19)10-13(16)11-20/h6-7,10,15H,5,8-9,12H2,1-4H3/t15-/m1/s1. The average Bonchev–Trinajstić information content (AvgIpc) is 2.52. The number of nitrogens with zero attached hydrogens (tertiary/aromatic N) is 3. The predicted octanol–water partition coefficient (Wildman–Crippen LogP) is 4.16. The second kappa shape index (κ2) is 7.43. The van der Waals surface area contributed by atoms with E-state index in [4.69, 9.17) is 4.74 Å². The van der Waals surface area contributed by atoms with Crippen LogP contribution in [-0.2, 0) is 4.74 Å². The smallest absolute Gasteiger partial charge is 0.410 e. The minimum atomic E-state index is -0.490. The van der Waals surface area contributed by atoms with Crippen LogP contribution < -0.4 is 4.90 Å². The highest BCUT2D eigenvalue weighted by molar-refractivity contribution is 9.10. The Bertz CT molecular complexity index is 649. The van der Waals surface area contributed by atoms with Gasteiger partial charge in [0.15, 0.2) is 0 Å². The lowest BCUT2D eigenvalue weighted by Gasteiger charge is -2.43. The number of ether oxygens (including phenoxy) is 1. The monoisotopic (exact) mass is 393 g/mol. The van der Waals surface area contributed by atoms with Gasteiger partial charge in [-0.15, -0.1) is 0 Å². The number of anilines is 1. The third-order valence-corrected chi connectivity index (χ3v) is 4.49. The molecule has 5 nitrogen and oxygen atoms in total. The number of hydrogen-bond donors (Lipinski definition) is 0. The van der Waals surface area contributed by atoms with Crippen LogP contribution in [0.3, 0.4) is 0 Å². The summed E-state index contributed by atoms with van der Waals surface area (Å²) < 4.78 is 6.37. The van der Waals surface area contributed by atoms with Gasteiger partial charge in [0, 0.05) is 30.1 Å². The first-order valence-electron chi connectivity index (χ1n) is 8.19. The van der Waals surface area contributed by atoms with Gasteiger partial charge in [-0.1, -0.05) is 22.9 Å². The number of hydrogen-bond acceptors (Lipinski definition) is 4. The number of halogens is 1. The van der Waals surface area contributed by atoms with Crippen LogP contribution >= 0.6 is 15.9 Å². The predicted molar refractivity (Wildman–Crippen MR) is 98.1 cm³/mol. The van der Waals surface area contributed by atoms with Crippen molar-refractivity contribution in [3.63, 3.8) is 0 Å². The van der Waals surface area contributed by atoms with E-state index in [1.165, 1.54) is 0 Å². The molecule has 1 saturated heterocycles. The molecule has 0 saturated carbocycles. The summed E-state index contributed by atoms with van der Waals surface area (Å²) in [5.74, 6) is 0. The summed E-state index contributed by atoms with van der Waals surface area (Å²) in [4.78, 5) is 16.3. The van der Waals surface area contributed by atoms with Gasteiger partial charge < -0.3 is 14.5 Å². The lowest BCUT2D eigenvalue weighted by atomic mass is 10.1. The number of amides is 1. The zero-order valence-corrected chi connectivity index (χ0v) is 16.3. The Balaban J connectivity index is 2.17. The summed E-state index contributed by atoms with van der Waals surface area (Å²) in [6.07, 6.45) is 0.622. The van der Waals surface area contributed by atoms with Gasteiger partial charge in [0.25, 0.3) is 0 Å². The lowest BCUT2D eigenvalue weighted by molar-refractivity contribution is 0.0213. The van der Waals surface area contributed by atoms with Crippen molar-refractivity contribution in [3.8, 4) is 6.07 Å². The highest BCUT2D eigenvalue weighted by Crippen LogP contribution is 2.28. The summed E-state index contributed by atoms with van der Waals surface area (Å²) in [7, 11) is 0. The topological polar surface area (TPSA) is 56.6 Å². The Morgan fingerprint density at radius 1 is 1.42 bits per heavy atom. The van der Waals surface area contributed by atoms with Crippen molar-refractivity contribution in [2.75, 3.05) is 24.5 Å². The van der Waals surface area contributed by atoms with Crippen LogP contribution in [0.1, 0.15) is 39.7 Å². The van der Waals surface area contributed by atoms with Crippen molar-refractivity contribution < 1.29 is 9.53 Å². The quantitative estimate of drug-likeness (QED) is 0.756. The highest BCUT2D eigenvalue weighted by Gasteiger charge is 2.32. The number of rotatable bonds is 2. The van der Waals surface area contributed by atoms with E-state index in [-0.39, 0.29) is 12.1 Å². The third kappa shape index (κ3) is 4.41. The molecule has 0 N–H and O–H groups in total. The van der Waals surface area contributed by atoms with Gasteiger partial charge in [-0.25, -0.2) is 4.79 Å². The zero-order chi connectivity index (χ0) is 17.9. The Morgan fingerprint density at radius 2 is 2.12 bits per heavy atom. The third-order valence-electron chi connectivity index (χ3n) is 3.99. The Labute approximate surface area is 152 Å². The lowest BCUT2D eigenvalue weighted by Crippen LogP contribution is -2.55. The fourth-order valence-corrected chi connectivity index (χ4v) is 3.22. The SMILES string of the molecule is CC[C@@H]1CN(C(=O)OC(C)(C)C)CCN1c1ccc(Br)cc1C#N. The molecule has 2 rings (SSSR count). The molecule has 1 aromatic rings. The van der Waals surface area contributed by atoms with Crippen LogP contribution in [0, 0.1) is 11.3 Å². The molecule has 0 aliphatic carbocycles. The minimum Gasteiger partial charge on any atom is -0.444 e. The van der Waals surface area contributed by atoms with E-state index >= 15 is 0 Å². The highest BCUT2D eigenvalue weighted by atomic mass is 79.9. The van der Waals surface area contributed by atoms with E-state index < -0.39 is 5.60 Å². The van der Waals surface area contributed by atoms with E-state index in [0.29, 0.717) is 25.2 Å². The molecule has 1 heterocycles. The second-order valence-corrected chi connectivity index (χ2v) is 7.87. The fraction of sp³-hybridized carbons (Fsp3) is 0.556. The Hall–Kier alpha value is -1.74. The Kier molecular flexibility index (Phi) is 5.76. The molecule has 0 spiro atoms. The van der Waals surface area contributed by atoms with Gasteiger partial charge in [-0.05, 0) is 45.4 Å². The summed E-state index contributed by atoms with van der Waals surface area (Å²) in [5, 5.41) is 9.42. The van der Waals surface area contributed by atoms with E-state index in [1.54, 1.807) is 4.90 Å². The number of piperazine rings is 1. The molecule has 1 aromatic carbocycles. The molecule has 130 valence electrons. The van der Waals surface area contributed by atoms with Crippen molar-refractivity contribution in [1.82, 2.24) is 4.90 Å². The van der Waals surface area contributed by atoms with Crippen molar-refractivity contribution in [2.24, 2.45) is 0 Å². The molecule has 24 heavy (non-hydrogen) atoms. The number of nitriles is 1. The van der Waals surface area contributed by atoms with Gasteiger partial charge in [-0.2, -0.15) is 5.26 Å². The van der Waals surface area contributed by atoms with E-state index in [9.17, 15) is 10.1 Å². The van der Waals surface area contributed by atoms with Gasteiger partial charge in [0.1, 0.15) is 11.7 Å². The normalized spacial score (nSPS) is 18.2. The number of carbonyl (C=O) groups excluding carboxylic acids is 1.